The van der Waals surface area contributed by atoms with Crippen LogP contribution in [-0.4, -0.2) is 21.6 Å². The van der Waals surface area contributed by atoms with Crippen molar-refractivity contribution in [2.75, 3.05) is 13.2 Å². The Balaban J connectivity index is 1.70. The molecule has 0 heterocycles. The summed E-state index contributed by atoms with van der Waals surface area (Å²) in [6, 6.07) is 19.1. The minimum Gasteiger partial charge on any atom is -0.248 e. The van der Waals surface area contributed by atoms with Crippen molar-refractivity contribution < 1.29 is 16.8 Å². The Bertz CT molecular complexity index is 572. The van der Waals surface area contributed by atoms with Gasteiger partial charge in [0.1, 0.15) is 0 Å². The SMILES string of the molecule is O=S(=O)(OCCc1ccccc1)OCCc1ccccc1. The molecular weight excluding hydrogens is 288 g/mol. The van der Waals surface area contributed by atoms with Crippen LogP contribution in [0.1, 0.15) is 11.1 Å². The second-order valence-corrected chi connectivity index (χ2v) is 5.81. The predicted octanol–water partition coefficient (Wildman–Crippen LogP) is 2.75. The molecule has 2 aromatic carbocycles. The maximum Gasteiger partial charge on any atom is 0.399 e. The Labute approximate surface area is 125 Å². The van der Waals surface area contributed by atoms with Crippen LogP contribution in [0.3, 0.4) is 0 Å². The van der Waals surface area contributed by atoms with Gasteiger partial charge in [0, 0.05) is 0 Å². The molecule has 0 bridgehead atoms. The molecule has 0 atom stereocenters. The van der Waals surface area contributed by atoms with Crippen LogP contribution in [0.15, 0.2) is 60.7 Å². The second kappa shape index (κ2) is 7.93. The van der Waals surface area contributed by atoms with E-state index in [1.807, 2.05) is 60.7 Å². The molecular formula is C16H18O4S. The van der Waals surface area contributed by atoms with E-state index in [1.165, 1.54) is 0 Å². The Kier molecular flexibility index (Phi) is 5.92. The van der Waals surface area contributed by atoms with Crippen LogP contribution in [0.25, 0.3) is 0 Å². The number of benzene rings is 2. The summed E-state index contributed by atoms with van der Waals surface area (Å²) in [6.45, 7) is 0.162. The summed E-state index contributed by atoms with van der Waals surface area (Å²) in [4.78, 5) is 0. The fourth-order valence-electron chi connectivity index (χ4n) is 1.85. The van der Waals surface area contributed by atoms with Gasteiger partial charge < -0.3 is 0 Å². The first kappa shape index (κ1) is 15.7. The van der Waals surface area contributed by atoms with Gasteiger partial charge in [0.25, 0.3) is 0 Å². The molecule has 0 aliphatic carbocycles. The van der Waals surface area contributed by atoms with Crippen molar-refractivity contribution in [1.82, 2.24) is 0 Å². The van der Waals surface area contributed by atoms with E-state index in [0.717, 1.165) is 11.1 Å². The molecule has 2 rings (SSSR count). The third kappa shape index (κ3) is 6.08. The Hall–Kier alpha value is -1.69. The first-order valence-electron chi connectivity index (χ1n) is 6.77. The van der Waals surface area contributed by atoms with Crippen molar-refractivity contribution in [2.45, 2.75) is 12.8 Å². The summed E-state index contributed by atoms with van der Waals surface area (Å²) < 4.78 is 32.8. The van der Waals surface area contributed by atoms with Gasteiger partial charge in [0.2, 0.25) is 0 Å². The van der Waals surface area contributed by atoms with Crippen LogP contribution in [0.5, 0.6) is 0 Å². The van der Waals surface area contributed by atoms with Gasteiger partial charge in [0.15, 0.2) is 0 Å². The van der Waals surface area contributed by atoms with Gasteiger partial charge >= 0.3 is 10.4 Å². The van der Waals surface area contributed by atoms with Gasteiger partial charge in [-0.25, -0.2) is 8.37 Å². The van der Waals surface area contributed by atoms with Crippen LogP contribution >= 0.6 is 0 Å². The number of hydrogen-bond donors (Lipinski definition) is 0. The van der Waals surface area contributed by atoms with Crippen LogP contribution in [-0.2, 0) is 31.6 Å². The fourth-order valence-corrected chi connectivity index (χ4v) is 2.49. The van der Waals surface area contributed by atoms with Crippen molar-refractivity contribution in [1.29, 1.82) is 0 Å². The summed E-state index contributed by atoms with van der Waals surface area (Å²) >= 11 is 0. The van der Waals surface area contributed by atoms with Crippen molar-refractivity contribution in [3.05, 3.63) is 71.8 Å². The zero-order valence-electron chi connectivity index (χ0n) is 11.6. The summed E-state index contributed by atoms with van der Waals surface area (Å²) in [5.41, 5.74) is 2.05. The molecule has 112 valence electrons. The lowest BCUT2D eigenvalue weighted by atomic mass is 10.2. The third-order valence-corrected chi connectivity index (χ3v) is 3.83. The molecule has 0 aliphatic heterocycles. The molecule has 0 saturated heterocycles. The van der Waals surface area contributed by atoms with Gasteiger partial charge in [-0.3, -0.25) is 0 Å². The van der Waals surface area contributed by atoms with Gasteiger partial charge in [-0.05, 0) is 24.0 Å². The van der Waals surface area contributed by atoms with E-state index in [9.17, 15) is 8.42 Å². The van der Waals surface area contributed by atoms with Crippen LogP contribution in [0, 0.1) is 0 Å². The lowest BCUT2D eigenvalue weighted by molar-refractivity contribution is 0.218. The fraction of sp³-hybridized carbons (Fsp3) is 0.250. The van der Waals surface area contributed by atoms with Crippen molar-refractivity contribution in [2.24, 2.45) is 0 Å². The van der Waals surface area contributed by atoms with Crippen LogP contribution in [0.2, 0.25) is 0 Å². The summed E-state index contributed by atoms with van der Waals surface area (Å²) in [5.74, 6) is 0. The Morgan fingerprint density at radius 1 is 0.667 bits per heavy atom. The molecule has 0 N–H and O–H groups in total. The largest absolute Gasteiger partial charge is 0.399 e. The zero-order valence-corrected chi connectivity index (χ0v) is 12.5. The Morgan fingerprint density at radius 3 is 1.43 bits per heavy atom. The normalized spacial score (nSPS) is 11.4. The van der Waals surface area contributed by atoms with Crippen LogP contribution < -0.4 is 0 Å². The van der Waals surface area contributed by atoms with E-state index in [-0.39, 0.29) is 13.2 Å². The van der Waals surface area contributed by atoms with Crippen molar-refractivity contribution in [3.63, 3.8) is 0 Å². The van der Waals surface area contributed by atoms with E-state index < -0.39 is 10.4 Å². The highest BCUT2D eigenvalue weighted by Crippen LogP contribution is 2.05. The zero-order chi connectivity index (χ0) is 15.0. The van der Waals surface area contributed by atoms with E-state index >= 15 is 0 Å². The molecule has 2 aromatic rings. The predicted molar refractivity (Wildman–Crippen MR) is 81.1 cm³/mol. The van der Waals surface area contributed by atoms with Crippen molar-refractivity contribution >= 4 is 10.4 Å². The highest BCUT2D eigenvalue weighted by Gasteiger charge is 2.11. The minimum atomic E-state index is -3.92. The lowest BCUT2D eigenvalue weighted by Gasteiger charge is -2.06. The molecule has 0 radical (unpaired) electrons. The molecule has 5 heteroatoms. The first-order chi connectivity index (χ1) is 10.2. The summed E-state index contributed by atoms with van der Waals surface area (Å²) in [5, 5.41) is 0. The monoisotopic (exact) mass is 306 g/mol. The van der Waals surface area contributed by atoms with Gasteiger partial charge in [-0.1, -0.05) is 60.7 Å². The Morgan fingerprint density at radius 2 is 1.05 bits per heavy atom. The molecule has 0 aromatic heterocycles. The second-order valence-electron chi connectivity index (χ2n) is 4.52. The average Bonchev–Trinajstić information content (AvgIpc) is 2.49. The molecule has 0 amide bonds. The maximum absolute atomic E-state index is 11.6. The van der Waals surface area contributed by atoms with E-state index in [4.69, 9.17) is 8.37 Å². The highest BCUT2D eigenvalue weighted by molar-refractivity contribution is 7.81. The van der Waals surface area contributed by atoms with E-state index in [2.05, 4.69) is 0 Å². The van der Waals surface area contributed by atoms with Crippen molar-refractivity contribution in [3.8, 4) is 0 Å². The number of hydrogen-bond acceptors (Lipinski definition) is 4. The van der Waals surface area contributed by atoms with Gasteiger partial charge in [-0.2, -0.15) is 8.42 Å². The van der Waals surface area contributed by atoms with Gasteiger partial charge in [-0.15, -0.1) is 0 Å². The smallest absolute Gasteiger partial charge is 0.248 e. The first-order valence-corrected chi connectivity index (χ1v) is 8.11. The third-order valence-electron chi connectivity index (χ3n) is 2.92. The molecule has 4 nitrogen and oxygen atoms in total. The highest BCUT2D eigenvalue weighted by atomic mass is 32.3. The summed E-state index contributed by atoms with van der Waals surface area (Å²) in [6.07, 6.45) is 1.06. The summed E-state index contributed by atoms with van der Waals surface area (Å²) in [7, 11) is -3.92. The van der Waals surface area contributed by atoms with E-state index in [1.54, 1.807) is 0 Å². The topological polar surface area (TPSA) is 52.6 Å². The minimum absolute atomic E-state index is 0.0810. The maximum atomic E-state index is 11.6. The quantitative estimate of drug-likeness (QED) is 0.752. The average molecular weight is 306 g/mol. The molecule has 0 aliphatic rings. The van der Waals surface area contributed by atoms with E-state index in [0.29, 0.717) is 12.8 Å². The molecule has 21 heavy (non-hydrogen) atoms. The lowest BCUT2D eigenvalue weighted by Crippen LogP contribution is -2.14. The number of rotatable bonds is 8. The molecule has 0 unspecified atom stereocenters. The molecule has 0 fully saturated rings. The standard InChI is InChI=1S/C16H18O4S/c17-21(18,19-13-11-15-7-3-1-4-8-15)20-14-12-16-9-5-2-6-10-16/h1-10H,11-14H2. The molecule has 0 saturated carbocycles. The van der Waals surface area contributed by atoms with Crippen LogP contribution in [0.4, 0.5) is 0 Å². The molecule has 0 spiro atoms. The van der Waals surface area contributed by atoms with Gasteiger partial charge in [0.05, 0.1) is 13.2 Å².